The highest BCUT2D eigenvalue weighted by molar-refractivity contribution is 5.75. The van der Waals surface area contributed by atoms with E-state index in [0.29, 0.717) is 5.92 Å². The fraction of sp³-hybridized carbons (Fsp3) is 0.857. The maximum Gasteiger partial charge on any atom is 0.308 e. The molecule has 52 valence electrons. The van der Waals surface area contributed by atoms with E-state index in [4.69, 9.17) is 0 Å². The molecule has 0 aliphatic heterocycles. The summed E-state index contributed by atoms with van der Waals surface area (Å²) in [4.78, 5) is 10.7. The SMILES string of the molecule is CC[C@@H]1CC1C(=O)OC. The van der Waals surface area contributed by atoms with Crippen molar-refractivity contribution in [3.05, 3.63) is 0 Å². The van der Waals surface area contributed by atoms with Gasteiger partial charge in [-0.2, -0.15) is 0 Å². The zero-order chi connectivity index (χ0) is 6.85. The van der Waals surface area contributed by atoms with Crippen molar-refractivity contribution in [1.82, 2.24) is 0 Å². The Bertz CT molecular complexity index is 120. The van der Waals surface area contributed by atoms with Gasteiger partial charge >= 0.3 is 5.97 Å². The zero-order valence-corrected chi connectivity index (χ0v) is 5.89. The lowest BCUT2D eigenvalue weighted by molar-refractivity contribution is -0.142. The number of rotatable bonds is 2. The van der Waals surface area contributed by atoms with E-state index < -0.39 is 0 Å². The van der Waals surface area contributed by atoms with Crippen molar-refractivity contribution >= 4 is 5.97 Å². The standard InChI is InChI=1S/C7H12O2/c1-3-5-4-6(5)7(8)9-2/h5-6H,3-4H2,1-2H3/t5-,6?/m1/s1. The second-order valence-electron chi connectivity index (χ2n) is 2.53. The van der Waals surface area contributed by atoms with E-state index >= 15 is 0 Å². The molecular weight excluding hydrogens is 116 g/mol. The molecule has 2 atom stereocenters. The van der Waals surface area contributed by atoms with Crippen molar-refractivity contribution < 1.29 is 9.53 Å². The normalized spacial score (nSPS) is 31.8. The number of carbonyl (C=O) groups is 1. The van der Waals surface area contributed by atoms with E-state index in [-0.39, 0.29) is 11.9 Å². The first-order valence-corrected chi connectivity index (χ1v) is 3.37. The van der Waals surface area contributed by atoms with Gasteiger partial charge in [0.15, 0.2) is 0 Å². The first-order chi connectivity index (χ1) is 4.29. The molecule has 0 aromatic carbocycles. The van der Waals surface area contributed by atoms with Gasteiger partial charge in [-0.3, -0.25) is 4.79 Å². The molecule has 1 aliphatic rings. The molecule has 1 unspecified atom stereocenters. The van der Waals surface area contributed by atoms with Crippen LogP contribution in [0, 0.1) is 11.8 Å². The highest BCUT2D eigenvalue weighted by atomic mass is 16.5. The summed E-state index contributed by atoms with van der Waals surface area (Å²) in [5.41, 5.74) is 0. The van der Waals surface area contributed by atoms with Crippen LogP contribution in [0.5, 0.6) is 0 Å². The molecule has 0 amide bonds. The number of hydrogen-bond donors (Lipinski definition) is 0. The van der Waals surface area contributed by atoms with Crippen LogP contribution in [0.25, 0.3) is 0 Å². The van der Waals surface area contributed by atoms with Crippen LogP contribution in [-0.2, 0) is 9.53 Å². The Morgan fingerprint density at radius 3 is 2.78 bits per heavy atom. The third-order valence-electron chi connectivity index (χ3n) is 1.95. The molecule has 0 radical (unpaired) electrons. The molecular formula is C7H12O2. The highest BCUT2D eigenvalue weighted by Crippen LogP contribution is 2.41. The first-order valence-electron chi connectivity index (χ1n) is 3.37. The number of hydrogen-bond acceptors (Lipinski definition) is 2. The van der Waals surface area contributed by atoms with Gasteiger partial charge in [0, 0.05) is 0 Å². The predicted octanol–water partition coefficient (Wildman–Crippen LogP) is 1.21. The Morgan fingerprint density at radius 2 is 2.44 bits per heavy atom. The van der Waals surface area contributed by atoms with Crippen LogP contribution in [0.1, 0.15) is 19.8 Å². The molecule has 1 saturated carbocycles. The lowest BCUT2D eigenvalue weighted by Gasteiger charge is -1.93. The van der Waals surface area contributed by atoms with Gasteiger partial charge in [-0.05, 0) is 12.3 Å². The Kier molecular flexibility index (Phi) is 1.74. The van der Waals surface area contributed by atoms with Gasteiger partial charge in [0.25, 0.3) is 0 Å². The Labute approximate surface area is 55.2 Å². The molecule has 1 fully saturated rings. The van der Waals surface area contributed by atoms with Crippen LogP contribution in [-0.4, -0.2) is 13.1 Å². The van der Waals surface area contributed by atoms with Crippen molar-refractivity contribution in [3.8, 4) is 0 Å². The third kappa shape index (κ3) is 1.23. The molecule has 9 heavy (non-hydrogen) atoms. The monoisotopic (exact) mass is 128 g/mol. The molecule has 2 nitrogen and oxygen atoms in total. The van der Waals surface area contributed by atoms with Crippen molar-refractivity contribution in [1.29, 1.82) is 0 Å². The predicted molar refractivity (Wildman–Crippen MR) is 33.9 cm³/mol. The van der Waals surface area contributed by atoms with Crippen LogP contribution < -0.4 is 0 Å². The van der Waals surface area contributed by atoms with Crippen LogP contribution >= 0.6 is 0 Å². The average Bonchev–Trinajstić information content (AvgIpc) is 2.64. The van der Waals surface area contributed by atoms with Crippen LogP contribution in [0.15, 0.2) is 0 Å². The molecule has 0 N–H and O–H groups in total. The number of carbonyl (C=O) groups excluding carboxylic acids is 1. The van der Waals surface area contributed by atoms with E-state index in [2.05, 4.69) is 11.7 Å². The molecule has 0 spiro atoms. The molecule has 0 aromatic rings. The summed E-state index contributed by atoms with van der Waals surface area (Å²) in [6.07, 6.45) is 2.16. The van der Waals surface area contributed by atoms with Crippen LogP contribution in [0.3, 0.4) is 0 Å². The van der Waals surface area contributed by atoms with E-state index in [1.54, 1.807) is 0 Å². The highest BCUT2D eigenvalue weighted by Gasteiger charge is 2.42. The number of ether oxygens (including phenoxy) is 1. The summed E-state index contributed by atoms with van der Waals surface area (Å²) in [6, 6.07) is 0. The number of methoxy groups -OCH3 is 1. The first kappa shape index (κ1) is 6.59. The minimum Gasteiger partial charge on any atom is -0.469 e. The van der Waals surface area contributed by atoms with Gasteiger partial charge < -0.3 is 4.74 Å². The summed E-state index contributed by atoms with van der Waals surface area (Å²) < 4.78 is 4.57. The summed E-state index contributed by atoms with van der Waals surface area (Å²) in [7, 11) is 1.45. The van der Waals surface area contributed by atoms with Gasteiger partial charge in [-0.1, -0.05) is 13.3 Å². The van der Waals surface area contributed by atoms with E-state index in [0.717, 1.165) is 12.8 Å². The van der Waals surface area contributed by atoms with Crippen molar-refractivity contribution in [2.75, 3.05) is 7.11 Å². The Hall–Kier alpha value is -0.530. The molecule has 0 aromatic heterocycles. The fourth-order valence-electron chi connectivity index (χ4n) is 1.14. The van der Waals surface area contributed by atoms with Crippen molar-refractivity contribution in [2.24, 2.45) is 11.8 Å². The quantitative estimate of drug-likeness (QED) is 0.522. The summed E-state index contributed by atoms with van der Waals surface area (Å²) in [6.45, 7) is 2.10. The second-order valence-corrected chi connectivity index (χ2v) is 2.53. The lowest BCUT2D eigenvalue weighted by atomic mass is 10.2. The minimum atomic E-state index is -0.0261. The van der Waals surface area contributed by atoms with Gasteiger partial charge in [-0.25, -0.2) is 0 Å². The Morgan fingerprint density at radius 1 is 1.78 bits per heavy atom. The van der Waals surface area contributed by atoms with E-state index in [1.165, 1.54) is 7.11 Å². The minimum absolute atomic E-state index is 0.0261. The maximum atomic E-state index is 10.7. The molecule has 1 aliphatic carbocycles. The fourth-order valence-corrected chi connectivity index (χ4v) is 1.14. The van der Waals surface area contributed by atoms with Crippen LogP contribution in [0.2, 0.25) is 0 Å². The molecule has 1 rings (SSSR count). The van der Waals surface area contributed by atoms with Crippen molar-refractivity contribution in [2.45, 2.75) is 19.8 Å². The summed E-state index contributed by atoms with van der Waals surface area (Å²) in [5.74, 6) is 0.833. The zero-order valence-electron chi connectivity index (χ0n) is 5.89. The van der Waals surface area contributed by atoms with Crippen LogP contribution in [0.4, 0.5) is 0 Å². The average molecular weight is 128 g/mol. The van der Waals surface area contributed by atoms with E-state index in [1.807, 2.05) is 0 Å². The summed E-state index contributed by atoms with van der Waals surface area (Å²) in [5, 5.41) is 0. The third-order valence-corrected chi connectivity index (χ3v) is 1.95. The van der Waals surface area contributed by atoms with E-state index in [9.17, 15) is 4.79 Å². The molecule has 0 saturated heterocycles. The van der Waals surface area contributed by atoms with Gasteiger partial charge in [-0.15, -0.1) is 0 Å². The van der Waals surface area contributed by atoms with Gasteiger partial charge in [0.2, 0.25) is 0 Å². The van der Waals surface area contributed by atoms with Gasteiger partial charge in [0.05, 0.1) is 13.0 Å². The smallest absolute Gasteiger partial charge is 0.308 e. The second kappa shape index (κ2) is 2.38. The maximum absolute atomic E-state index is 10.7. The largest absolute Gasteiger partial charge is 0.469 e. The molecule has 2 heteroatoms. The van der Waals surface area contributed by atoms with Crippen molar-refractivity contribution in [3.63, 3.8) is 0 Å². The van der Waals surface area contributed by atoms with Gasteiger partial charge in [0.1, 0.15) is 0 Å². The topological polar surface area (TPSA) is 26.3 Å². The molecule has 0 bridgehead atoms. The number of esters is 1. The summed E-state index contributed by atoms with van der Waals surface area (Å²) >= 11 is 0. The lowest BCUT2D eigenvalue weighted by Crippen LogP contribution is -2.03. The Balaban J connectivity index is 2.25. The molecule has 0 heterocycles.